The summed E-state index contributed by atoms with van der Waals surface area (Å²) in [7, 11) is -6.47. The molecule has 0 radical (unpaired) electrons. The maximum absolute atomic E-state index is 13.0. The van der Waals surface area contributed by atoms with Crippen LogP contribution in [0.1, 0.15) is 5.56 Å². The Bertz CT molecular complexity index is 1390. The lowest BCUT2D eigenvalue weighted by Crippen LogP contribution is -2.18. The third kappa shape index (κ3) is 4.99. The molecule has 9 nitrogen and oxygen atoms in total. The molecule has 3 aromatic carbocycles. The smallest absolute Gasteiger partial charge is 0.262 e. The van der Waals surface area contributed by atoms with Gasteiger partial charge in [-0.15, -0.1) is 0 Å². The van der Waals surface area contributed by atoms with E-state index < -0.39 is 20.0 Å². The van der Waals surface area contributed by atoms with Gasteiger partial charge in [0.15, 0.2) is 11.5 Å². The van der Waals surface area contributed by atoms with E-state index in [1.165, 1.54) is 43.5 Å². The summed E-state index contributed by atoms with van der Waals surface area (Å²) in [6.45, 7) is 2.39. The van der Waals surface area contributed by atoms with Crippen LogP contribution in [-0.4, -0.2) is 37.2 Å². The predicted octanol–water partition coefficient (Wildman–Crippen LogP) is 3.38. The van der Waals surface area contributed by atoms with Crippen molar-refractivity contribution in [3.8, 4) is 17.2 Å². The van der Waals surface area contributed by atoms with E-state index in [1.807, 2.05) is 0 Å². The van der Waals surface area contributed by atoms with Crippen LogP contribution in [0.15, 0.2) is 70.5 Å². The Balaban J connectivity index is 1.60. The molecule has 1 heterocycles. The fourth-order valence-corrected chi connectivity index (χ4v) is 5.37. The molecule has 0 atom stereocenters. The molecule has 0 saturated heterocycles. The van der Waals surface area contributed by atoms with Crippen molar-refractivity contribution in [2.24, 2.45) is 0 Å². The fourth-order valence-electron chi connectivity index (χ4n) is 3.15. The Kier molecular flexibility index (Phi) is 6.09. The maximum Gasteiger partial charge on any atom is 0.262 e. The molecular formula is C22H22N2O7S2. The van der Waals surface area contributed by atoms with Crippen molar-refractivity contribution in [3.63, 3.8) is 0 Å². The number of methoxy groups -OCH3 is 1. The number of fused-ring (bicyclic) bond motifs is 1. The van der Waals surface area contributed by atoms with E-state index in [-0.39, 0.29) is 15.5 Å². The summed E-state index contributed by atoms with van der Waals surface area (Å²) in [5.41, 5.74) is 1.04. The van der Waals surface area contributed by atoms with E-state index in [4.69, 9.17) is 14.2 Å². The van der Waals surface area contributed by atoms with Crippen LogP contribution < -0.4 is 23.7 Å². The van der Waals surface area contributed by atoms with Gasteiger partial charge in [0.05, 0.1) is 22.6 Å². The Morgan fingerprint density at radius 3 is 2.06 bits per heavy atom. The molecule has 174 valence electrons. The van der Waals surface area contributed by atoms with Gasteiger partial charge in [-0.2, -0.15) is 0 Å². The molecule has 4 rings (SSSR count). The highest BCUT2D eigenvalue weighted by molar-refractivity contribution is 7.93. The van der Waals surface area contributed by atoms with Gasteiger partial charge < -0.3 is 14.2 Å². The molecule has 0 aromatic heterocycles. The van der Waals surface area contributed by atoms with Crippen LogP contribution >= 0.6 is 0 Å². The van der Waals surface area contributed by atoms with Crippen molar-refractivity contribution >= 4 is 31.4 Å². The summed E-state index contributed by atoms with van der Waals surface area (Å²) >= 11 is 0. The summed E-state index contributed by atoms with van der Waals surface area (Å²) < 4.78 is 72.6. The number of hydrogen-bond acceptors (Lipinski definition) is 7. The third-order valence-electron chi connectivity index (χ3n) is 4.93. The minimum Gasteiger partial charge on any atom is -0.497 e. The second-order valence-corrected chi connectivity index (χ2v) is 10.6. The standard InChI is InChI=1S/C22H22N2O7S2/c1-15-3-8-18(32(25,26)23-16-4-6-17(29-2)7-5-16)13-20(15)24-33(27,28)19-9-10-21-22(14-19)31-12-11-30-21/h3-10,13-14,23-24H,11-12H2,1-2H3. The average molecular weight is 491 g/mol. The molecule has 0 aliphatic carbocycles. The highest BCUT2D eigenvalue weighted by Crippen LogP contribution is 2.33. The zero-order chi connectivity index (χ0) is 23.6. The van der Waals surface area contributed by atoms with Gasteiger partial charge >= 0.3 is 0 Å². The predicted molar refractivity (Wildman–Crippen MR) is 123 cm³/mol. The van der Waals surface area contributed by atoms with Crippen LogP contribution in [0, 0.1) is 6.92 Å². The van der Waals surface area contributed by atoms with Gasteiger partial charge in [-0.1, -0.05) is 6.07 Å². The lowest BCUT2D eigenvalue weighted by atomic mass is 10.2. The van der Waals surface area contributed by atoms with Gasteiger partial charge in [0.1, 0.15) is 19.0 Å². The Labute approximate surface area is 192 Å². The molecule has 3 aromatic rings. The summed E-state index contributed by atoms with van der Waals surface area (Å²) in [6.07, 6.45) is 0. The highest BCUT2D eigenvalue weighted by atomic mass is 32.2. The molecule has 0 spiro atoms. The lowest BCUT2D eigenvalue weighted by Gasteiger charge is -2.19. The van der Waals surface area contributed by atoms with Crippen molar-refractivity contribution < 1.29 is 31.0 Å². The van der Waals surface area contributed by atoms with Crippen LogP contribution in [-0.2, 0) is 20.0 Å². The number of aryl methyl sites for hydroxylation is 1. The molecule has 33 heavy (non-hydrogen) atoms. The van der Waals surface area contributed by atoms with Crippen molar-refractivity contribution in [1.29, 1.82) is 0 Å². The second kappa shape index (κ2) is 8.83. The van der Waals surface area contributed by atoms with Crippen LogP contribution in [0.4, 0.5) is 11.4 Å². The Morgan fingerprint density at radius 2 is 1.36 bits per heavy atom. The first-order valence-electron chi connectivity index (χ1n) is 9.88. The van der Waals surface area contributed by atoms with Gasteiger partial charge in [-0.05, 0) is 61.0 Å². The van der Waals surface area contributed by atoms with Gasteiger partial charge in [0.2, 0.25) is 0 Å². The lowest BCUT2D eigenvalue weighted by molar-refractivity contribution is 0.171. The molecule has 1 aliphatic heterocycles. The molecular weight excluding hydrogens is 468 g/mol. The number of anilines is 2. The topological polar surface area (TPSA) is 120 Å². The third-order valence-corrected chi connectivity index (χ3v) is 7.67. The minimum atomic E-state index is -4.01. The van der Waals surface area contributed by atoms with Gasteiger partial charge in [-0.25, -0.2) is 16.8 Å². The molecule has 0 bridgehead atoms. The zero-order valence-corrected chi connectivity index (χ0v) is 19.5. The van der Waals surface area contributed by atoms with Crippen molar-refractivity contribution in [2.75, 3.05) is 29.8 Å². The molecule has 11 heteroatoms. The van der Waals surface area contributed by atoms with E-state index in [9.17, 15) is 16.8 Å². The van der Waals surface area contributed by atoms with Gasteiger partial charge in [0.25, 0.3) is 20.0 Å². The number of hydrogen-bond donors (Lipinski definition) is 2. The van der Waals surface area contributed by atoms with Crippen LogP contribution in [0.25, 0.3) is 0 Å². The summed E-state index contributed by atoms with van der Waals surface area (Å²) in [5.74, 6) is 1.39. The van der Waals surface area contributed by atoms with Crippen LogP contribution in [0.5, 0.6) is 17.2 Å². The van der Waals surface area contributed by atoms with E-state index in [2.05, 4.69) is 9.44 Å². The molecule has 0 unspecified atom stereocenters. The van der Waals surface area contributed by atoms with E-state index in [1.54, 1.807) is 31.2 Å². The first kappa shape index (κ1) is 22.7. The number of nitrogens with one attached hydrogen (secondary N) is 2. The normalized spacial score (nSPS) is 13.3. The molecule has 1 aliphatic rings. The number of sulfonamides is 2. The largest absolute Gasteiger partial charge is 0.497 e. The van der Waals surface area contributed by atoms with Crippen molar-refractivity contribution in [1.82, 2.24) is 0 Å². The SMILES string of the molecule is COc1ccc(NS(=O)(=O)c2ccc(C)c(NS(=O)(=O)c3ccc4c(c3)OCCO4)c2)cc1. The highest BCUT2D eigenvalue weighted by Gasteiger charge is 2.22. The van der Waals surface area contributed by atoms with Gasteiger partial charge in [0, 0.05) is 11.8 Å². The Hall–Kier alpha value is -3.44. The maximum atomic E-state index is 13.0. The monoisotopic (exact) mass is 490 g/mol. The van der Waals surface area contributed by atoms with Gasteiger partial charge in [-0.3, -0.25) is 9.44 Å². The summed E-state index contributed by atoms with van der Waals surface area (Å²) in [6, 6.07) is 14.9. The summed E-state index contributed by atoms with van der Waals surface area (Å²) in [5, 5.41) is 0. The quantitative estimate of drug-likeness (QED) is 0.521. The first-order chi connectivity index (χ1) is 15.7. The molecule has 0 amide bonds. The van der Waals surface area contributed by atoms with E-state index in [0.29, 0.717) is 41.7 Å². The molecule has 2 N–H and O–H groups in total. The second-order valence-electron chi connectivity index (χ2n) is 7.22. The van der Waals surface area contributed by atoms with Crippen molar-refractivity contribution in [2.45, 2.75) is 16.7 Å². The van der Waals surface area contributed by atoms with Crippen LogP contribution in [0.3, 0.4) is 0 Å². The number of rotatable bonds is 7. The number of benzene rings is 3. The summed E-state index contributed by atoms with van der Waals surface area (Å²) in [4.78, 5) is -0.125. The van der Waals surface area contributed by atoms with E-state index >= 15 is 0 Å². The first-order valence-corrected chi connectivity index (χ1v) is 12.8. The Morgan fingerprint density at radius 1 is 0.758 bits per heavy atom. The van der Waals surface area contributed by atoms with Crippen molar-refractivity contribution in [3.05, 3.63) is 66.2 Å². The minimum absolute atomic E-state index is 0.0317. The average Bonchev–Trinajstić information content (AvgIpc) is 2.80. The fraction of sp³-hybridized carbons (Fsp3) is 0.182. The molecule has 0 saturated carbocycles. The van der Waals surface area contributed by atoms with Crippen LogP contribution in [0.2, 0.25) is 0 Å². The van der Waals surface area contributed by atoms with E-state index in [0.717, 1.165) is 0 Å². The molecule has 0 fully saturated rings. The zero-order valence-electron chi connectivity index (χ0n) is 17.9. The number of ether oxygens (including phenoxy) is 3.